The second-order valence-corrected chi connectivity index (χ2v) is 9.00. The number of rotatable bonds is 8. The number of nitrogens with one attached hydrogen (secondary N) is 1. The molecule has 4 nitrogen and oxygen atoms in total. The number of hydrogen-bond acceptors (Lipinski definition) is 3. The molecule has 0 saturated heterocycles. The maximum Gasteiger partial charge on any atom is 0.223 e. The number of Topliss-reactive ketones (excluding diaryl/α,β-unsaturated/α-hetero) is 1. The Balaban J connectivity index is 1.46. The highest BCUT2D eigenvalue weighted by Crippen LogP contribution is 2.34. The van der Waals surface area contributed by atoms with Gasteiger partial charge in [0.15, 0.2) is 5.78 Å². The fourth-order valence-corrected chi connectivity index (χ4v) is 4.68. The van der Waals surface area contributed by atoms with Crippen LogP contribution in [0.3, 0.4) is 0 Å². The number of aromatic hydroxyl groups is 1. The largest absolute Gasteiger partial charge is 0.506 e. The van der Waals surface area contributed by atoms with Gasteiger partial charge in [0.2, 0.25) is 5.91 Å². The molecule has 3 atom stereocenters. The van der Waals surface area contributed by atoms with Crippen LogP contribution in [-0.4, -0.2) is 22.8 Å². The van der Waals surface area contributed by atoms with Gasteiger partial charge in [-0.25, -0.2) is 0 Å². The van der Waals surface area contributed by atoms with Crippen molar-refractivity contribution in [1.29, 1.82) is 0 Å². The predicted molar refractivity (Wildman–Crippen MR) is 120 cm³/mol. The van der Waals surface area contributed by atoms with Crippen LogP contribution < -0.4 is 5.32 Å². The summed E-state index contributed by atoms with van der Waals surface area (Å²) in [6.45, 7) is 1.71. The number of carbonyl (C=O) groups excluding carboxylic acids is 2. The predicted octanol–water partition coefficient (Wildman–Crippen LogP) is 5.36. The molecule has 0 spiro atoms. The van der Waals surface area contributed by atoms with Crippen molar-refractivity contribution >= 4 is 34.9 Å². The first-order chi connectivity index (χ1) is 14.3. The van der Waals surface area contributed by atoms with E-state index in [4.69, 9.17) is 23.2 Å². The SMILES string of the molecule is C[C@H](NC(=O)[C@@H]1CC[C@@H](Cc2ccccc2)C1)C(=O)CCc1cc(Cl)cc(Cl)c1O. The first-order valence-electron chi connectivity index (χ1n) is 10.4. The van der Waals surface area contributed by atoms with Crippen molar-refractivity contribution in [2.75, 3.05) is 0 Å². The van der Waals surface area contributed by atoms with Crippen LogP contribution >= 0.6 is 23.2 Å². The van der Waals surface area contributed by atoms with Crippen LogP contribution in [0.1, 0.15) is 43.7 Å². The molecule has 0 aliphatic heterocycles. The molecule has 2 aromatic carbocycles. The van der Waals surface area contributed by atoms with E-state index in [9.17, 15) is 14.7 Å². The Morgan fingerprint density at radius 3 is 2.63 bits per heavy atom. The van der Waals surface area contributed by atoms with E-state index in [0.717, 1.165) is 25.7 Å². The van der Waals surface area contributed by atoms with Crippen molar-refractivity contribution in [3.8, 4) is 5.75 Å². The van der Waals surface area contributed by atoms with Gasteiger partial charge in [-0.1, -0.05) is 53.5 Å². The molecule has 1 amide bonds. The smallest absolute Gasteiger partial charge is 0.223 e. The van der Waals surface area contributed by atoms with Crippen molar-refractivity contribution < 1.29 is 14.7 Å². The third-order valence-corrected chi connectivity index (χ3v) is 6.38. The van der Waals surface area contributed by atoms with E-state index in [2.05, 4.69) is 17.4 Å². The van der Waals surface area contributed by atoms with Crippen molar-refractivity contribution in [2.45, 2.75) is 51.5 Å². The molecule has 6 heteroatoms. The number of ketones is 1. The van der Waals surface area contributed by atoms with Gasteiger partial charge in [0, 0.05) is 17.4 Å². The summed E-state index contributed by atoms with van der Waals surface area (Å²) in [5, 5.41) is 13.5. The molecule has 2 N–H and O–H groups in total. The molecule has 1 fully saturated rings. The fraction of sp³-hybridized carbons (Fsp3) is 0.417. The summed E-state index contributed by atoms with van der Waals surface area (Å²) in [4.78, 5) is 25.1. The van der Waals surface area contributed by atoms with Gasteiger partial charge in [-0.2, -0.15) is 0 Å². The Hall–Kier alpha value is -2.04. The zero-order chi connectivity index (χ0) is 21.7. The molecular formula is C24H27Cl2NO3. The molecule has 30 heavy (non-hydrogen) atoms. The number of phenols is 1. The van der Waals surface area contributed by atoms with E-state index < -0.39 is 6.04 Å². The van der Waals surface area contributed by atoms with Gasteiger partial charge in [0.05, 0.1) is 11.1 Å². The first-order valence-corrected chi connectivity index (χ1v) is 11.1. The van der Waals surface area contributed by atoms with Crippen LogP contribution in [0.5, 0.6) is 5.75 Å². The lowest BCUT2D eigenvalue weighted by molar-refractivity contribution is -0.129. The standard InChI is InChI=1S/C24H27Cl2NO3/c1-15(22(28)10-9-18-13-20(25)14-21(26)23(18)29)27-24(30)19-8-7-17(12-19)11-16-5-3-2-4-6-16/h2-6,13-15,17,19,29H,7-12H2,1H3,(H,27,30)/t15-,17-,19+/m0/s1. The van der Waals surface area contributed by atoms with Crippen LogP contribution in [0, 0.1) is 11.8 Å². The number of aryl methyl sites for hydroxylation is 1. The van der Waals surface area contributed by atoms with E-state index in [1.165, 1.54) is 11.6 Å². The molecular weight excluding hydrogens is 421 g/mol. The summed E-state index contributed by atoms with van der Waals surface area (Å²) >= 11 is 11.9. The van der Waals surface area contributed by atoms with Crippen LogP contribution in [0.2, 0.25) is 10.0 Å². The normalized spacial score (nSPS) is 19.4. The monoisotopic (exact) mass is 447 g/mol. The van der Waals surface area contributed by atoms with Crippen LogP contribution in [0.4, 0.5) is 0 Å². The van der Waals surface area contributed by atoms with E-state index in [1.807, 2.05) is 18.2 Å². The van der Waals surface area contributed by atoms with Gasteiger partial charge in [0.1, 0.15) is 5.75 Å². The fourth-order valence-electron chi connectivity index (χ4n) is 4.14. The highest BCUT2D eigenvalue weighted by Gasteiger charge is 2.31. The Labute approximate surface area is 187 Å². The molecule has 0 unspecified atom stereocenters. The first kappa shape index (κ1) is 22.6. The Morgan fingerprint density at radius 2 is 1.90 bits per heavy atom. The number of hydrogen-bond donors (Lipinski definition) is 2. The van der Waals surface area contributed by atoms with E-state index in [-0.39, 0.29) is 34.8 Å². The lowest BCUT2D eigenvalue weighted by Gasteiger charge is -2.17. The van der Waals surface area contributed by atoms with Gasteiger partial charge >= 0.3 is 0 Å². The van der Waals surface area contributed by atoms with Crippen LogP contribution in [0.25, 0.3) is 0 Å². The van der Waals surface area contributed by atoms with Gasteiger partial charge < -0.3 is 10.4 Å². The Kier molecular flexibility index (Phi) is 7.79. The number of phenolic OH excluding ortho intramolecular Hbond substituents is 1. The summed E-state index contributed by atoms with van der Waals surface area (Å²) < 4.78 is 0. The van der Waals surface area contributed by atoms with Gasteiger partial charge in [-0.05, 0) is 68.2 Å². The topological polar surface area (TPSA) is 66.4 Å². The molecule has 0 bridgehead atoms. The Bertz CT molecular complexity index is 901. The van der Waals surface area contributed by atoms with Gasteiger partial charge in [-0.3, -0.25) is 9.59 Å². The average molecular weight is 448 g/mol. The minimum atomic E-state index is -0.567. The number of benzene rings is 2. The van der Waals surface area contributed by atoms with Crippen LogP contribution in [0.15, 0.2) is 42.5 Å². The van der Waals surface area contributed by atoms with E-state index >= 15 is 0 Å². The second-order valence-electron chi connectivity index (χ2n) is 8.16. The van der Waals surface area contributed by atoms with Crippen molar-refractivity contribution in [3.05, 3.63) is 63.6 Å². The number of amides is 1. The summed E-state index contributed by atoms with van der Waals surface area (Å²) in [6.07, 6.45) is 4.24. The molecule has 160 valence electrons. The molecule has 1 aliphatic rings. The minimum Gasteiger partial charge on any atom is -0.506 e. The summed E-state index contributed by atoms with van der Waals surface area (Å²) in [6, 6.07) is 12.8. The Morgan fingerprint density at radius 1 is 1.17 bits per heavy atom. The molecule has 1 saturated carbocycles. The lowest BCUT2D eigenvalue weighted by atomic mass is 9.96. The molecule has 0 heterocycles. The van der Waals surface area contributed by atoms with Crippen LogP contribution in [-0.2, 0) is 22.4 Å². The molecule has 0 radical (unpaired) electrons. The quantitative estimate of drug-likeness (QED) is 0.571. The lowest BCUT2D eigenvalue weighted by Crippen LogP contribution is -2.41. The van der Waals surface area contributed by atoms with E-state index in [0.29, 0.717) is 22.9 Å². The summed E-state index contributed by atoms with van der Waals surface area (Å²) in [7, 11) is 0. The highest BCUT2D eigenvalue weighted by atomic mass is 35.5. The number of halogens is 2. The summed E-state index contributed by atoms with van der Waals surface area (Å²) in [5.74, 6) is 0.285. The van der Waals surface area contributed by atoms with E-state index in [1.54, 1.807) is 13.0 Å². The highest BCUT2D eigenvalue weighted by molar-refractivity contribution is 6.35. The minimum absolute atomic E-state index is 0.0373. The average Bonchev–Trinajstić information content (AvgIpc) is 3.18. The molecule has 1 aliphatic carbocycles. The summed E-state index contributed by atoms with van der Waals surface area (Å²) in [5.41, 5.74) is 1.83. The molecule has 0 aromatic heterocycles. The van der Waals surface area contributed by atoms with Gasteiger partial charge in [-0.15, -0.1) is 0 Å². The third kappa shape index (κ3) is 5.99. The third-order valence-electron chi connectivity index (χ3n) is 5.87. The van der Waals surface area contributed by atoms with Crippen molar-refractivity contribution in [3.63, 3.8) is 0 Å². The van der Waals surface area contributed by atoms with Crippen molar-refractivity contribution in [2.24, 2.45) is 11.8 Å². The zero-order valence-electron chi connectivity index (χ0n) is 17.0. The van der Waals surface area contributed by atoms with Crippen molar-refractivity contribution in [1.82, 2.24) is 5.32 Å². The second kappa shape index (κ2) is 10.3. The van der Waals surface area contributed by atoms with Gasteiger partial charge in [0.25, 0.3) is 0 Å². The molecule has 2 aromatic rings. The maximum absolute atomic E-state index is 12.6. The zero-order valence-corrected chi connectivity index (χ0v) is 18.5. The number of carbonyl (C=O) groups is 2. The maximum atomic E-state index is 12.6. The molecule has 3 rings (SSSR count).